The third kappa shape index (κ3) is 8.79. The van der Waals surface area contributed by atoms with E-state index in [-0.39, 0.29) is 29.6 Å². The van der Waals surface area contributed by atoms with Crippen molar-refractivity contribution in [3.63, 3.8) is 0 Å². The minimum atomic E-state index is -4.25. The Balaban J connectivity index is 1.83. The maximum Gasteiger partial charge on any atom is 0.264 e. The molecule has 0 saturated heterocycles. The van der Waals surface area contributed by atoms with Crippen LogP contribution in [-0.2, 0) is 32.6 Å². The normalized spacial score (nSPS) is 12.1. The first-order valence-corrected chi connectivity index (χ1v) is 16.9. The number of amides is 2. The number of carbonyl (C=O) groups is 2. The van der Waals surface area contributed by atoms with Gasteiger partial charge >= 0.3 is 0 Å². The minimum Gasteiger partial charge on any atom is -0.352 e. The number of nitrogens with one attached hydrogen (secondary N) is 1. The average Bonchev–Trinajstić information content (AvgIpc) is 2.99. The number of hydrogen-bond donors (Lipinski definition) is 1. The Morgan fingerprint density at radius 3 is 1.98 bits per heavy atom. The highest BCUT2D eigenvalue weighted by molar-refractivity contribution is 7.92. The monoisotopic (exact) mass is 685 g/mol. The quantitative estimate of drug-likeness (QED) is 0.169. The van der Waals surface area contributed by atoms with Crippen LogP contribution >= 0.6 is 34.8 Å². The van der Waals surface area contributed by atoms with Gasteiger partial charge in [-0.2, -0.15) is 0 Å². The smallest absolute Gasteiger partial charge is 0.264 e. The molecule has 0 fully saturated rings. The summed E-state index contributed by atoms with van der Waals surface area (Å²) >= 11 is 19.1. The van der Waals surface area contributed by atoms with Crippen LogP contribution in [0.1, 0.15) is 30.5 Å². The molecule has 1 unspecified atom stereocenters. The summed E-state index contributed by atoms with van der Waals surface area (Å²) in [6, 6.07) is 25.6. The van der Waals surface area contributed by atoms with E-state index in [0.29, 0.717) is 20.6 Å². The van der Waals surface area contributed by atoms with Gasteiger partial charge in [0.2, 0.25) is 11.8 Å². The number of hydrogen-bond acceptors (Lipinski definition) is 4. The molecule has 0 saturated carbocycles. The van der Waals surface area contributed by atoms with Gasteiger partial charge in [-0.1, -0.05) is 88.9 Å². The third-order valence-corrected chi connectivity index (χ3v) is 9.84. The van der Waals surface area contributed by atoms with Crippen LogP contribution in [-0.4, -0.2) is 43.8 Å². The Kier molecular flexibility index (Phi) is 11.6. The molecule has 0 spiro atoms. The van der Waals surface area contributed by atoms with Crippen molar-refractivity contribution in [2.75, 3.05) is 10.8 Å². The number of sulfonamides is 1. The van der Waals surface area contributed by atoms with Crippen LogP contribution in [0.4, 0.5) is 5.69 Å². The second-order valence-corrected chi connectivity index (χ2v) is 14.0. The zero-order chi connectivity index (χ0) is 32.7. The summed E-state index contributed by atoms with van der Waals surface area (Å²) < 4.78 is 29.2. The van der Waals surface area contributed by atoms with Crippen molar-refractivity contribution in [2.45, 2.75) is 50.7 Å². The van der Waals surface area contributed by atoms with E-state index in [1.165, 1.54) is 29.2 Å². The molecule has 0 aromatic heterocycles. The van der Waals surface area contributed by atoms with E-state index in [9.17, 15) is 18.0 Å². The predicted molar refractivity (Wildman–Crippen MR) is 181 cm³/mol. The van der Waals surface area contributed by atoms with Gasteiger partial charge in [-0.15, -0.1) is 0 Å². The first-order chi connectivity index (χ1) is 21.4. The molecule has 0 aliphatic carbocycles. The fourth-order valence-corrected chi connectivity index (χ4v) is 6.82. The van der Waals surface area contributed by atoms with Gasteiger partial charge in [-0.25, -0.2) is 8.42 Å². The molecule has 4 aromatic rings. The molecule has 4 rings (SSSR count). The first-order valence-electron chi connectivity index (χ1n) is 14.3. The molecule has 0 aliphatic rings. The second kappa shape index (κ2) is 15.1. The minimum absolute atomic E-state index is 0.0423. The van der Waals surface area contributed by atoms with Crippen molar-refractivity contribution in [2.24, 2.45) is 0 Å². The van der Waals surface area contributed by atoms with Crippen LogP contribution in [0.2, 0.25) is 15.1 Å². The number of halogens is 3. The second-order valence-electron chi connectivity index (χ2n) is 10.9. The molecule has 7 nitrogen and oxygen atoms in total. The summed E-state index contributed by atoms with van der Waals surface area (Å²) in [4.78, 5) is 29.6. The molecule has 4 aromatic carbocycles. The highest BCUT2D eigenvalue weighted by Gasteiger charge is 2.35. The molecule has 45 heavy (non-hydrogen) atoms. The van der Waals surface area contributed by atoms with E-state index in [1.54, 1.807) is 42.5 Å². The zero-order valence-corrected chi connectivity index (χ0v) is 28.2. The molecule has 11 heteroatoms. The van der Waals surface area contributed by atoms with Gasteiger partial charge in [0.1, 0.15) is 12.6 Å². The lowest BCUT2D eigenvalue weighted by molar-refractivity contribution is -0.140. The number of anilines is 1. The molecule has 2 amide bonds. The van der Waals surface area contributed by atoms with Gasteiger partial charge in [0.05, 0.1) is 10.6 Å². The summed E-state index contributed by atoms with van der Waals surface area (Å²) in [5.41, 5.74) is 2.45. The van der Waals surface area contributed by atoms with Crippen LogP contribution in [0, 0.1) is 6.92 Å². The fraction of sp³-hybridized carbons (Fsp3) is 0.235. The topological polar surface area (TPSA) is 86.8 Å². The Morgan fingerprint density at radius 1 is 0.800 bits per heavy atom. The van der Waals surface area contributed by atoms with Crippen molar-refractivity contribution in [3.8, 4) is 0 Å². The molecule has 236 valence electrons. The number of nitrogens with zero attached hydrogens (tertiary/aromatic N) is 2. The number of aryl methyl sites for hydroxylation is 1. The van der Waals surface area contributed by atoms with E-state index in [1.807, 2.05) is 51.1 Å². The molecule has 0 heterocycles. The lowest BCUT2D eigenvalue weighted by atomic mass is 10.0. The highest BCUT2D eigenvalue weighted by Crippen LogP contribution is 2.29. The van der Waals surface area contributed by atoms with Crippen molar-refractivity contribution < 1.29 is 18.0 Å². The molecule has 1 N–H and O–H groups in total. The summed E-state index contributed by atoms with van der Waals surface area (Å²) in [6.45, 7) is 4.79. The Labute approximate surface area is 279 Å². The van der Waals surface area contributed by atoms with Crippen molar-refractivity contribution >= 4 is 62.3 Å². The molecule has 0 bridgehead atoms. The summed E-state index contributed by atoms with van der Waals surface area (Å²) in [5, 5.41) is 3.92. The van der Waals surface area contributed by atoms with Gasteiger partial charge in [-0.3, -0.25) is 13.9 Å². The molecule has 1 atom stereocenters. The standard InChI is InChI=1S/C34H34Cl3N3O4S/c1-23(2)38-34(42)32(20-25-8-5-4-6-9-25)39(21-29-30(36)10-7-11-31(29)37)33(41)22-40(27-16-12-24(3)13-17-27)45(43,44)28-18-14-26(35)15-19-28/h4-19,23,32H,20-22H2,1-3H3,(H,38,42). The zero-order valence-electron chi connectivity index (χ0n) is 25.1. The van der Waals surface area contributed by atoms with E-state index >= 15 is 0 Å². The average molecular weight is 687 g/mol. The molecule has 0 aliphatic heterocycles. The predicted octanol–water partition coefficient (Wildman–Crippen LogP) is 7.32. The van der Waals surface area contributed by atoms with Crippen molar-refractivity contribution in [1.82, 2.24) is 10.2 Å². The van der Waals surface area contributed by atoms with Crippen LogP contribution in [0.15, 0.2) is 102 Å². The molecular formula is C34H34Cl3N3O4S. The first kappa shape index (κ1) is 34.3. The number of rotatable bonds is 12. The maximum absolute atomic E-state index is 14.5. The van der Waals surface area contributed by atoms with Gasteiger partial charge in [0.25, 0.3) is 10.0 Å². The van der Waals surface area contributed by atoms with Crippen molar-refractivity contribution in [1.29, 1.82) is 0 Å². The Morgan fingerprint density at radius 2 is 1.40 bits per heavy atom. The molecular weight excluding hydrogens is 653 g/mol. The SMILES string of the molecule is Cc1ccc(N(CC(=O)N(Cc2c(Cl)cccc2Cl)C(Cc2ccccc2)C(=O)NC(C)C)S(=O)(=O)c2ccc(Cl)cc2)cc1. The van der Waals surface area contributed by atoms with E-state index in [4.69, 9.17) is 34.8 Å². The van der Waals surface area contributed by atoms with Gasteiger partial charge in [0.15, 0.2) is 0 Å². The Hall–Kier alpha value is -3.56. The van der Waals surface area contributed by atoms with Crippen LogP contribution < -0.4 is 9.62 Å². The Bertz CT molecular complexity index is 1710. The van der Waals surface area contributed by atoms with E-state index in [2.05, 4.69) is 5.32 Å². The molecule has 0 radical (unpaired) electrons. The maximum atomic E-state index is 14.5. The van der Waals surface area contributed by atoms with Gasteiger partial charge in [0, 0.05) is 39.6 Å². The van der Waals surface area contributed by atoms with E-state index < -0.39 is 34.4 Å². The number of benzene rings is 4. The third-order valence-electron chi connectivity index (χ3n) is 7.09. The lowest BCUT2D eigenvalue weighted by Crippen LogP contribution is -2.54. The summed E-state index contributed by atoms with van der Waals surface area (Å²) in [5.74, 6) is -1.02. The van der Waals surface area contributed by atoms with Gasteiger partial charge < -0.3 is 10.2 Å². The van der Waals surface area contributed by atoms with Crippen LogP contribution in [0.3, 0.4) is 0 Å². The summed E-state index contributed by atoms with van der Waals surface area (Å²) in [7, 11) is -4.25. The largest absolute Gasteiger partial charge is 0.352 e. The van der Waals surface area contributed by atoms with Crippen molar-refractivity contribution in [3.05, 3.63) is 129 Å². The van der Waals surface area contributed by atoms with E-state index in [0.717, 1.165) is 15.4 Å². The summed E-state index contributed by atoms with van der Waals surface area (Å²) in [6.07, 6.45) is 0.168. The van der Waals surface area contributed by atoms with Crippen LogP contribution in [0.5, 0.6) is 0 Å². The van der Waals surface area contributed by atoms with Crippen LogP contribution in [0.25, 0.3) is 0 Å². The number of carbonyl (C=O) groups excluding carboxylic acids is 2. The van der Waals surface area contributed by atoms with Gasteiger partial charge in [-0.05, 0) is 74.9 Å². The highest BCUT2D eigenvalue weighted by atomic mass is 35.5. The lowest BCUT2D eigenvalue weighted by Gasteiger charge is -2.34. The fourth-order valence-electron chi connectivity index (χ4n) is 4.76.